The van der Waals surface area contributed by atoms with Crippen molar-refractivity contribution < 1.29 is 31.2 Å². The third-order valence-electron chi connectivity index (χ3n) is 9.54. The van der Waals surface area contributed by atoms with Crippen LogP contribution in [0.3, 0.4) is 0 Å². The molecule has 2 aliphatic heterocycles. The lowest BCUT2D eigenvalue weighted by Crippen LogP contribution is -2.50. The Morgan fingerprint density at radius 3 is 2.33 bits per heavy atom. The second-order valence-electron chi connectivity index (χ2n) is 13.2. The number of pyridine rings is 1. The predicted molar refractivity (Wildman–Crippen MR) is 200 cm³/mol. The largest absolute Gasteiger partial charge is 0.421 e. The molecule has 0 saturated carbocycles. The van der Waals surface area contributed by atoms with E-state index in [1.165, 1.54) is 13.2 Å². The Bertz CT molecular complexity index is 2090. The van der Waals surface area contributed by atoms with Gasteiger partial charge in [0.15, 0.2) is 0 Å². The number of hydrogen-bond donors (Lipinski definition) is 3. The average molecular weight is 767 g/mol. The molecule has 0 radical (unpaired) electrons. The summed E-state index contributed by atoms with van der Waals surface area (Å²) in [5.41, 5.74) is 2.67. The zero-order valence-electron chi connectivity index (χ0n) is 30.0. The zero-order valence-corrected chi connectivity index (χ0v) is 30.8. The van der Waals surface area contributed by atoms with Gasteiger partial charge < -0.3 is 15.5 Å². The molecule has 3 N–H and O–H groups in total. The number of carbonyl (C=O) groups is 2. The van der Waals surface area contributed by atoms with E-state index in [2.05, 4.69) is 47.7 Å². The molecule has 2 saturated heterocycles. The Labute approximate surface area is 311 Å². The maximum absolute atomic E-state index is 13.9. The van der Waals surface area contributed by atoms with Crippen molar-refractivity contribution in [3.63, 3.8) is 0 Å². The molecule has 6 rings (SSSR count). The van der Waals surface area contributed by atoms with Crippen molar-refractivity contribution in [1.82, 2.24) is 25.2 Å². The van der Waals surface area contributed by atoms with Crippen LogP contribution in [0.25, 0.3) is 0 Å². The van der Waals surface area contributed by atoms with Gasteiger partial charge >= 0.3 is 12.2 Å². The lowest BCUT2D eigenvalue weighted by Gasteiger charge is -2.38. The summed E-state index contributed by atoms with van der Waals surface area (Å²) in [6.07, 6.45) is 0.448. The number of nitrogens with zero attached hydrogens (tertiary/aromatic N) is 7. The molecular formula is C36H41F3N10O4S. The van der Waals surface area contributed by atoms with E-state index in [9.17, 15) is 31.2 Å². The molecule has 4 aromatic rings. The maximum Gasteiger partial charge on any atom is 0.421 e. The van der Waals surface area contributed by atoms with Crippen LogP contribution in [0.4, 0.5) is 52.6 Å². The number of sulfonamides is 1. The van der Waals surface area contributed by atoms with Crippen molar-refractivity contribution in [2.45, 2.75) is 44.6 Å². The fraction of sp³-hybridized carbons (Fsp3) is 0.361. The van der Waals surface area contributed by atoms with E-state index in [4.69, 9.17) is 0 Å². The number of anilines is 6. The molecule has 0 atom stereocenters. The van der Waals surface area contributed by atoms with Crippen LogP contribution < -0.4 is 30.1 Å². The first-order valence-corrected chi connectivity index (χ1v) is 19.1. The third-order valence-corrected chi connectivity index (χ3v) is 10.7. The van der Waals surface area contributed by atoms with Crippen molar-refractivity contribution in [3.05, 3.63) is 89.7 Å². The van der Waals surface area contributed by atoms with Gasteiger partial charge in [-0.25, -0.2) is 23.2 Å². The monoisotopic (exact) mass is 766 g/mol. The number of nitrogens with one attached hydrogen (secondary N) is 3. The number of alkyl halides is 3. The van der Waals surface area contributed by atoms with Crippen LogP contribution in [0.2, 0.25) is 0 Å². The minimum absolute atomic E-state index is 0.0576. The summed E-state index contributed by atoms with van der Waals surface area (Å²) < 4.78 is 66.9. The lowest BCUT2D eigenvalue weighted by atomic mass is 10.0. The molecule has 54 heavy (non-hydrogen) atoms. The highest BCUT2D eigenvalue weighted by atomic mass is 32.2. The summed E-state index contributed by atoms with van der Waals surface area (Å²) >= 11 is 0. The van der Waals surface area contributed by atoms with Crippen LogP contribution in [0, 0.1) is 0 Å². The zero-order chi connectivity index (χ0) is 38.6. The van der Waals surface area contributed by atoms with Crippen LogP contribution in [0.5, 0.6) is 0 Å². The van der Waals surface area contributed by atoms with Gasteiger partial charge in [-0.3, -0.25) is 24.2 Å². The Balaban J connectivity index is 1.07. The highest BCUT2D eigenvalue weighted by Gasteiger charge is 2.35. The summed E-state index contributed by atoms with van der Waals surface area (Å²) in [6, 6.07) is 18.3. The van der Waals surface area contributed by atoms with E-state index in [1.807, 2.05) is 48.5 Å². The summed E-state index contributed by atoms with van der Waals surface area (Å²) in [5, 5.41) is 8.07. The van der Waals surface area contributed by atoms with Gasteiger partial charge in [-0.2, -0.15) is 18.2 Å². The Morgan fingerprint density at radius 1 is 0.944 bits per heavy atom. The highest BCUT2D eigenvalue weighted by Crippen LogP contribution is 2.35. The number of imide groups is 1. The fourth-order valence-electron chi connectivity index (χ4n) is 6.52. The number of para-hydroxylation sites is 1. The van der Waals surface area contributed by atoms with Gasteiger partial charge in [0.2, 0.25) is 21.9 Å². The number of aromatic nitrogens is 3. The number of carbonyl (C=O) groups excluding carboxylic acids is 2. The van der Waals surface area contributed by atoms with Gasteiger partial charge in [-0.15, -0.1) is 0 Å². The molecule has 18 heteroatoms. The first-order valence-electron chi connectivity index (χ1n) is 17.2. The Morgan fingerprint density at radius 2 is 1.65 bits per heavy atom. The van der Waals surface area contributed by atoms with Gasteiger partial charge in [0.05, 0.1) is 6.26 Å². The van der Waals surface area contributed by atoms with E-state index in [1.54, 1.807) is 17.0 Å². The smallest absolute Gasteiger partial charge is 0.371 e. The first-order chi connectivity index (χ1) is 25.7. The molecule has 2 aliphatic rings. The molecule has 2 aromatic carbocycles. The van der Waals surface area contributed by atoms with Gasteiger partial charge in [0, 0.05) is 87.3 Å². The number of piperidine rings is 1. The molecular weight excluding hydrogens is 726 g/mol. The first kappa shape index (κ1) is 38.2. The molecule has 14 nitrogen and oxygen atoms in total. The van der Waals surface area contributed by atoms with Crippen molar-refractivity contribution >= 4 is 56.6 Å². The van der Waals surface area contributed by atoms with E-state index in [-0.39, 0.29) is 30.6 Å². The Hall–Kier alpha value is -5.49. The van der Waals surface area contributed by atoms with Crippen molar-refractivity contribution in [1.29, 1.82) is 0 Å². The van der Waals surface area contributed by atoms with Crippen molar-refractivity contribution in [2.24, 2.45) is 0 Å². The fourth-order valence-corrected chi connectivity index (χ4v) is 7.00. The summed E-state index contributed by atoms with van der Waals surface area (Å²) in [7, 11) is -0.271. The minimum atomic E-state index is -4.75. The number of rotatable bonds is 12. The van der Waals surface area contributed by atoms with E-state index >= 15 is 0 Å². The van der Waals surface area contributed by atoms with Gasteiger partial charge in [-0.05, 0) is 61.9 Å². The average Bonchev–Trinajstić information content (AvgIpc) is 3.14. The molecule has 2 aromatic heterocycles. The van der Waals surface area contributed by atoms with E-state index in [0.717, 1.165) is 53.4 Å². The third kappa shape index (κ3) is 8.99. The highest BCUT2D eigenvalue weighted by molar-refractivity contribution is 7.92. The van der Waals surface area contributed by atoms with Crippen LogP contribution in [-0.2, 0) is 34.1 Å². The van der Waals surface area contributed by atoms with Crippen LogP contribution in [0.15, 0.2) is 73.1 Å². The second kappa shape index (κ2) is 15.9. The number of halogens is 3. The molecule has 0 aliphatic carbocycles. The predicted octanol–water partition coefficient (Wildman–Crippen LogP) is 5.19. The van der Waals surface area contributed by atoms with Gasteiger partial charge in [0.25, 0.3) is 0 Å². The summed E-state index contributed by atoms with van der Waals surface area (Å²) in [4.78, 5) is 42.5. The Kier molecular flexibility index (Phi) is 11.2. The van der Waals surface area contributed by atoms with E-state index in [0.29, 0.717) is 36.6 Å². The van der Waals surface area contributed by atoms with Crippen molar-refractivity contribution in [2.75, 3.05) is 64.7 Å². The lowest BCUT2D eigenvalue weighted by molar-refractivity contribution is -0.137. The number of hydrogen-bond acceptors (Lipinski definition) is 11. The quantitative estimate of drug-likeness (QED) is 0.175. The topological polar surface area (TPSA) is 156 Å². The van der Waals surface area contributed by atoms with Crippen LogP contribution >= 0.6 is 0 Å². The molecule has 0 unspecified atom stereocenters. The van der Waals surface area contributed by atoms with Crippen LogP contribution in [0.1, 0.15) is 36.0 Å². The molecule has 2 fully saturated rings. The molecule has 3 amide bonds. The summed E-state index contributed by atoms with van der Waals surface area (Å²) in [6.45, 7) is 2.44. The van der Waals surface area contributed by atoms with Gasteiger partial charge in [0.1, 0.15) is 17.2 Å². The molecule has 4 heterocycles. The molecule has 0 spiro atoms. The molecule has 286 valence electrons. The van der Waals surface area contributed by atoms with Gasteiger partial charge in [-0.1, -0.05) is 24.3 Å². The number of amides is 3. The standard InChI is InChI=1S/C36H41F3N10O4S/c1-46(23-25-7-4-5-9-30(25)49-20-16-31(50)44-35(49)51)27-14-18-48(19-15-27)28-12-10-26(11-13-28)43-34-42-22-29(36(37,38)39)32(45-34)41-21-24-8-6-17-40-33(24)47(2)54(3,52)53/h4-13,17,22,27H,14-16,18-21,23H2,1-3H3,(H,44,50,51)(H2,41,42,43,45). The van der Waals surface area contributed by atoms with Crippen LogP contribution in [-0.4, -0.2) is 86.2 Å². The summed E-state index contributed by atoms with van der Waals surface area (Å²) in [5.74, 6) is -0.720. The SMILES string of the molecule is CN(Cc1ccccc1N1CCC(=O)NC1=O)C1CCN(c2ccc(Nc3ncc(C(F)(F)F)c(NCc4cccnc4N(C)S(C)(=O)=O)n3)cc2)CC1. The van der Waals surface area contributed by atoms with Crippen molar-refractivity contribution in [3.8, 4) is 0 Å². The normalized spacial score (nSPS) is 15.7. The second-order valence-corrected chi connectivity index (χ2v) is 15.2. The number of benzene rings is 2. The van der Waals surface area contributed by atoms with E-state index < -0.39 is 33.6 Å². The molecule has 0 bridgehead atoms. The maximum atomic E-state index is 13.9. The minimum Gasteiger partial charge on any atom is -0.371 e. The number of urea groups is 1.